The molecule has 1 aromatic heterocycles. The Kier molecular flexibility index (Phi) is 7.84. The number of carbonyl (C=O) groups excluding carboxylic acids is 1. The zero-order chi connectivity index (χ0) is 23.1. The Bertz CT molecular complexity index is 1110. The fraction of sp³-hybridized carbons (Fsp3) is 0.304. The monoisotopic (exact) mass is 454 g/mol. The van der Waals surface area contributed by atoms with Crippen molar-refractivity contribution in [3.8, 4) is 11.8 Å². The summed E-state index contributed by atoms with van der Waals surface area (Å²) >= 11 is 1.10. The molecule has 0 bridgehead atoms. The summed E-state index contributed by atoms with van der Waals surface area (Å²) in [6.45, 7) is 5.88. The Morgan fingerprint density at radius 1 is 1.25 bits per heavy atom. The van der Waals surface area contributed by atoms with Gasteiger partial charge in [0.1, 0.15) is 0 Å². The number of ether oxygens (including phenoxy) is 1. The highest BCUT2D eigenvalue weighted by atomic mass is 32.2. The lowest BCUT2D eigenvalue weighted by Crippen LogP contribution is -2.33. The van der Waals surface area contributed by atoms with Gasteiger partial charge in [0.15, 0.2) is 17.7 Å². The maximum Gasteiger partial charge on any atom is 0.277 e. The van der Waals surface area contributed by atoms with Crippen molar-refractivity contribution in [3.05, 3.63) is 65.3 Å². The summed E-state index contributed by atoms with van der Waals surface area (Å²) in [6, 6.07) is 14.0. The third-order valence-electron chi connectivity index (χ3n) is 4.50. The van der Waals surface area contributed by atoms with Gasteiger partial charge in [-0.15, -0.1) is 10.2 Å². The van der Waals surface area contributed by atoms with E-state index in [1.165, 1.54) is 12.1 Å². The lowest BCUT2D eigenvalue weighted by molar-refractivity contribution is -0.116. The van der Waals surface area contributed by atoms with Crippen molar-refractivity contribution >= 4 is 23.4 Å². The normalized spacial score (nSPS) is 11.6. The lowest BCUT2D eigenvalue weighted by Gasteiger charge is -2.22. The molecule has 1 heterocycles. The average molecular weight is 455 g/mol. The molecule has 7 nitrogen and oxygen atoms in total. The van der Waals surface area contributed by atoms with Crippen LogP contribution in [0.3, 0.4) is 0 Å². The molecule has 2 aromatic carbocycles. The van der Waals surface area contributed by atoms with E-state index in [0.717, 1.165) is 28.6 Å². The number of benzene rings is 2. The third kappa shape index (κ3) is 6.08. The topological polar surface area (TPSA) is 92.2 Å². The summed E-state index contributed by atoms with van der Waals surface area (Å²) in [5, 5.41) is 17.1. The molecule has 0 radical (unpaired) electrons. The van der Waals surface area contributed by atoms with Crippen molar-refractivity contribution in [2.45, 2.75) is 38.5 Å². The maximum absolute atomic E-state index is 13.8. The Labute approximate surface area is 190 Å². The third-order valence-corrected chi connectivity index (χ3v) is 5.30. The van der Waals surface area contributed by atoms with Gasteiger partial charge in [0.05, 0.1) is 18.2 Å². The molecule has 0 saturated heterocycles. The van der Waals surface area contributed by atoms with Crippen molar-refractivity contribution in [1.29, 1.82) is 5.26 Å². The van der Waals surface area contributed by atoms with Crippen molar-refractivity contribution in [2.24, 2.45) is 0 Å². The van der Waals surface area contributed by atoms with Crippen LogP contribution in [0.15, 0.2) is 52.1 Å². The predicted octanol–water partition coefficient (Wildman–Crippen LogP) is 5.00. The Morgan fingerprint density at radius 2 is 1.97 bits per heavy atom. The summed E-state index contributed by atoms with van der Waals surface area (Å²) in [7, 11) is 0. The standard InChI is InChI=1S/C23H23FN4O3S/c1-15-11-16(2)13-18(12-15)28(10-6-9-25)21(29)14-32-23-27-26-22(31-23)17(3)30-20-8-5-4-7-19(20)24/h4-5,7-8,11-13,17H,6,10,14H2,1-3H3. The van der Waals surface area contributed by atoms with E-state index < -0.39 is 11.9 Å². The van der Waals surface area contributed by atoms with Gasteiger partial charge in [-0.25, -0.2) is 4.39 Å². The molecule has 0 fully saturated rings. The Hall–Kier alpha value is -3.38. The summed E-state index contributed by atoms with van der Waals surface area (Å²) in [5.41, 5.74) is 2.82. The quantitative estimate of drug-likeness (QED) is 0.420. The van der Waals surface area contributed by atoms with E-state index in [1.807, 2.05) is 32.0 Å². The minimum atomic E-state index is -0.660. The second-order valence-corrected chi connectivity index (χ2v) is 8.11. The van der Waals surface area contributed by atoms with Crippen molar-refractivity contribution in [1.82, 2.24) is 10.2 Å². The number of amides is 1. The number of rotatable bonds is 9. The van der Waals surface area contributed by atoms with Crippen molar-refractivity contribution in [2.75, 3.05) is 17.2 Å². The summed E-state index contributed by atoms with van der Waals surface area (Å²) in [4.78, 5) is 14.5. The highest BCUT2D eigenvalue weighted by Crippen LogP contribution is 2.26. The van der Waals surface area contributed by atoms with E-state index in [2.05, 4.69) is 16.3 Å². The highest BCUT2D eigenvalue weighted by Gasteiger charge is 2.20. The van der Waals surface area contributed by atoms with Crippen LogP contribution in [-0.4, -0.2) is 28.4 Å². The van der Waals surface area contributed by atoms with Crippen LogP contribution in [-0.2, 0) is 4.79 Å². The molecule has 0 aliphatic carbocycles. The molecule has 1 atom stereocenters. The van der Waals surface area contributed by atoms with Crippen LogP contribution in [0.2, 0.25) is 0 Å². The van der Waals surface area contributed by atoms with Crippen LogP contribution < -0.4 is 9.64 Å². The average Bonchev–Trinajstić information content (AvgIpc) is 3.23. The minimum absolute atomic E-state index is 0.0581. The number of aromatic nitrogens is 2. The van der Waals surface area contributed by atoms with Gasteiger partial charge in [0.2, 0.25) is 5.91 Å². The molecule has 9 heteroatoms. The largest absolute Gasteiger partial charge is 0.478 e. The molecule has 32 heavy (non-hydrogen) atoms. The Morgan fingerprint density at radius 3 is 2.66 bits per heavy atom. The van der Waals surface area contributed by atoms with E-state index in [4.69, 9.17) is 14.4 Å². The molecule has 0 aliphatic heterocycles. The van der Waals surface area contributed by atoms with Crippen LogP contribution in [0.4, 0.5) is 10.1 Å². The maximum atomic E-state index is 13.8. The van der Waals surface area contributed by atoms with Crippen LogP contribution in [0.25, 0.3) is 0 Å². The molecule has 1 amide bonds. The van der Waals surface area contributed by atoms with Crippen molar-refractivity contribution < 1.29 is 18.3 Å². The summed E-state index contributed by atoms with van der Waals surface area (Å²) in [6.07, 6.45) is -0.439. The molecule has 0 N–H and O–H groups in total. The van der Waals surface area contributed by atoms with E-state index in [0.29, 0.717) is 6.54 Å². The van der Waals surface area contributed by atoms with Gasteiger partial charge < -0.3 is 14.1 Å². The fourth-order valence-electron chi connectivity index (χ4n) is 3.09. The molecule has 1 unspecified atom stereocenters. The number of nitrogens with zero attached hydrogens (tertiary/aromatic N) is 4. The molecule has 0 aliphatic rings. The van der Waals surface area contributed by atoms with Gasteiger partial charge in [-0.2, -0.15) is 5.26 Å². The van der Waals surface area contributed by atoms with Gasteiger partial charge in [-0.05, 0) is 56.2 Å². The number of aryl methyl sites for hydroxylation is 2. The van der Waals surface area contributed by atoms with Gasteiger partial charge in [-0.1, -0.05) is 30.0 Å². The van der Waals surface area contributed by atoms with Crippen LogP contribution in [0, 0.1) is 31.0 Å². The second-order valence-electron chi connectivity index (χ2n) is 7.18. The first kappa shape index (κ1) is 23.3. The molecular weight excluding hydrogens is 431 g/mol. The number of anilines is 1. The smallest absolute Gasteiger partial charge is 0.277 e. The fourth-order valence-corrected chi connectivity index (χ4v) is 3.74. The van der Waals surface area contributed by atoms with Crippen LogP contribution in [0.5, 0.6) is 5.75 Å². The zero-order valence-corrected chi connectivity index (χ0v) is 18.9. The number of para-hydroxylation sites is 1. The number of hydrogen-bond donors (Lipinski definition) is 0. The molecule has 3 rings (SSSR count). The number of thioether (sulfide) groups is 1. The van der Waals surface area contributed by atoms with E-state index in [-0.39, 0.29) is 34.9 Å². The van der Waals surface area contributed by atoms with Crippen molar-refractivity contribution in [3.63, 3.8) is 0 Å². The number of nitriles is 1. The molecular formula is C23H23FN4O3S. The number of carbonyl (C=O) groups is 1. The molecule has 166 valence electrons. The second kappa shape index (κ2) is 10.8. The van der Waals surface area contributed by atoms with Crippen LogP contribution in [0.1, 0.15) is 36.5 Å². The van der Waals surface area contributed by atoms with Gasteiger partial charge in [0.25, 0.3) is 11.1 Å². The van der Waals surface area contributed by atoms with Gasteiger partial charge >= 0.3 is 0 Å². The first-order valence-electron chi connectivity index (χ1n) is 10.0. The highest BCUT2D eigenvalue weighted by molar-refractivity contribution is 7.99. The first-order valence-corrected chi connectivity index (χ1v) is 11.0. The SMILES string of the molecule is Cc1cc(C)cc(N(CCC#N)C(=O)CSc2nnc(C(C)Oc3ccccc3F)o2)c1. The van der Waals surface area contributed by atoms with E-state index in [9.17, 15) is 9.18 Å². The lowest BCUT2D eigenvalue weighted by atomic mass is 10.1. The van der Waals surface area contributed by atoms with Gasteiger partial charge in [-0.3, -0.25) is 4.79 Å². The summed E-state index contributed by atoms with van der Waals surface area (Å²) < 4.78 is 24.9. The summed E-state index contributed by atoms with van der Waals surface area (Å²) in [5.74, 6) is -0.334. The molecule has 3 aromatic rings. The van der Waals surface area contributed by atoms with E-state index in [1.54, 1.807) is 24.0 Å². The predicted molar refractivity (Wildman–Crippen MR) is 119 cm³/mol. The number of halogens is 1. The minimum Gasteiger partial charge on any atom is -0.478 e. The van der Waals surface area contributed by atoms with Crippen LogP contribution >= 0.6 is 11.8 Å². The zero-order valence-electron chi connectivity index (χ0n) is 18.0. The first-order chi connectivity index (χ1) is 15.4. The van der Waals surface area contributed by atoms with Gasteiger partial charge in [0, 0.05) is 12.2 Å². The number of hydrogen-bond acceptors (Lipinski definition) is 7. The molecule has 0 spiro atoms. The van der Waals surface area contributed by atoms with E-state index >= 15 is 0 Å². The Balaban J connectivity index is 1.64. The molecule has 0 saturated carbocycles.